The van der Waals surface area contributed by atoms with E-state index in [2.05, 4.69) is 10.6 Å². The van der Waals surface area contributed by atoms with Crippen LogP contribution in [-0.4, -0.2) is 31.2 Å². The Balaban J connectivity index is 1.95. The fraction of sp³-hybridized carbons (Fsp3) is 0.500. The predicted molar refractivity (Wildman–Crippen MR) is 89.3 cm³/mol. The number of halogens is 1. The molecule has 1 unspecified atom stereocenters. The van der Waals surface area contributed by atoms with E-state index in [1.807, 2.05) is 0 Å². The third-order valence-corrected chi connectivity index (χ3v) is 7.59. The van der Waals surface area contributed by atoms with Gasteiger partial charge in [-0.05, 0) is 31.0 Å². The fourth-order valence-electron chi connectivity index (χ4n) is 3.70. The number of anilines is 1. The van der Waals surface area contributed by atoms with Gasteiger partial charge in [-0.1, -0.05) is 19.3 Å². The maximum atomic E-state index is 14.2. The average Bonchev–Trinajstić information content (AvgIpc) is 2.55. The summed E-state index contributed by atoms with van der Waals surface area (Å²) >= 11 is 0. The summed E-state index contributed by atoms with van der Waals surface area (Å²) in [5, 5.41) is 13.6. The highest BCUT2D eigenvalue weighted by Crippen LogP contribution is 2.41. The van der Waals surface area contributed by atoms with Crippen molar-refractivity contribution in [1.82, 2.24) is 5.32 Å². The maximum Gasteiger partial charge on any atom is 0.211 e. The van der Waals surface area contributed by atoms with E-state index in [1.165, 1.54) is 18.2 Å². The smallest absolute Gasteiger partial charge is 0.211 e. The normalized spacial score (nSPS) is 25.0. The molecule has 3 rings (SSSR count). The second kappa shape index (κ2) is 6.16. The lowest BCUT2D eigenvalue weighted by Crippen LogP contribution is -2.60. The summed E-state index contributed by atoms with van der Waals surface area (Å²) in [7, 11) is -3.58. The number of nitrogens with one attached hydrogen (secondary N) is 3. The van der Waals surface area contributed by atoms with Crippen molar-refractivity contribution in [3.63, 3.8) is 0 Å². The zero-order valence-corrected chi connectivity index (χ0v) is 14.0. The van der Waals surface area contributed by atoms with Crippen LogP contribution >= 0.6 is 0 Å². The summed E-state index contributed by atoms with van der Waals surface area (Å²) in [6, 6.07) is 3.16. The van der Waals surface area contributed by atoms with Gasteiger partial charge in [0.25, 0.3) is 0 Å². The van der Waals surface area contributed by atoms with Crippen molar-refractivity contribution in [3.05, 3.63) is 29.6 Å². The van der Waals surface area contributed by atoms with Crippen LogP contribution < -0.4 is 10.6 Å². The molecule has 0 aromatic heterocycles. The number of hydrogen-bond acceptors (Lipinski definition) is 4. The zero-order chi connectivity index (χ0) is 17.4. The Bertz CT molecular complexity index is 773. The molecule has 1 amide bonds. The second-order valence-corrected chi connectivity index (χ2v) is 8.75. The minimum Gasteiger partial charge on any atom is -0.365 e. The van der Waals surface area contributed by atoms with Crippen molar-refractivity contribution < 1.29 is 17.6 Å². The van der Waals surface area contributed by atoms with Crippen molar-refractivity contribution in [2.45, 2.75) is 42.9 Å². The average molecular weight is 353 g/mol. The zero-order valence-electron chi connectivity index (χ0n) is 13.1. The van der Waals surface area contributed by atoms with E-state index in [-0.39, 0.29) is 17.2 Å². The molecule has 3 N–H and O–H groups in total. The number of carbonyl (C=O) groups excluding carboxylic acids is 1. The van der Waals surface area contributed by atoms with Crippen LogP contribution in [0.5, 0.6) is 0 Å². The third kappa shape index (κ3) is 2.68. The first-order valence-electron chi connectivity index (χ1n) is 7.97. The second-order valence-electron chi connectivity index (χ2n) is 6.41. The molecule has 1 aliphatic heterocycles. The van der Waals surface area contributed by atoms with E-state index in [4.69, 9.17) is 5.41 Å². The number of carbonyl (C=O) groups is 1. The molecule has 1 saturated carbocycles. The van der Waals surface area contributed by atoms with E-state index in [1.54, 1.807) is 0 Å². The van der Waals surface area contributed by atoms with E-state index in [0.29, 0.717) is 24.9 Å². The standard InChI is InChI=1S/C16H20FN3O3S/c17-13-5-4-11(19-10-21)8-12(13)14-9-24(22,23)16(15(18)20-14)6-2-1-3-7-16/h4-5,8,10,14H,1-3,6-7,9H2,(H2,18,20)(H,19,21). The van der Waals surface area contributed by atoms with Gasteiger partial charge >= 0.3 is 0 Å². The molecule has 1 heterocycles. The molecule has 0 bridgehead atoms. The van der Waals surface area contributed by atoms with Crippen LogP contribution in [-0.2, 0) is 14.6 Å². The Kier molecular flexibility index (Phi) is 4.33. The highest BCUT2D eigenvalue weighted by Gasteiger charge is 2.52. The molecule has 6 nitrogen and oxygen atoms in total. The molecule has 130 valence electrons. The Hall–Kier alpha value is -1.96. The van der Waals surface area contributed by atoms with Crippen molar-refractivity contribution in [2.75, 3.05) is 11.1 Å². The van der Waals surface area contributed by atoms with E-state index in [0.717, 1.165) is 19.3 Å². The van der Waals surface area contributed by atoms with Crippen molar-refractivity contribution in [3.8, 4) is 0 Å². The van der Waals surface area contributed by atoms with Gasteiger partial charge < -0.3 is 10.6 Å². The number of benzene rings is 1. The summed E-state index contributed by atoms with van der Waals surface area (Å²) in [5.74, 6) is -0.852. The number of amidine groups is 1. The Morgan fingerprint density at radius 3 is 2.62 bits per heavy atom. The summed E-state index contributed by atoms with van der Waals surface area (Å²) in [4.78, 5) is 10.6. The van der Waals surface area contributed by atoms with Crippen LogP contribution in [0.2, 0.25) is 0 Å². The van der Waals surface area contributed by atoms with Crippen molar-refractivity contribution >= 4 is 27.8 Å². The first kappa shape index (κ1) is 16.9. The first-order chi connectivity index (χ1) is 11.4. The van der Waals surface area contributed by atoms with Gasteiger partial charge in [0.15, 0.2) is 9.84 Å². The van der Waals surface area contributed by atoms with Gasteiger partial charge in [-0.3, -0.25) is 10.2 Å². The summed E-state index contributed by atoms with van der Waals surface area (Å²) in [6.07, 6.45) is 3.90. The van der Waals surface area contributed by atoms with Gasteiger partial charge in [-0.2, -0.15) is 0 Å². The summed E-state index contributed by atoms with van der Waals surface area (Å²) in [6.45, 7) is 0. The van der Waals surface area contributed by atoms with Crippen LogP contribution in [0.15, 0.2) is 18.2 Å². The molecule has 1 spiro atoms. The largest absolute Gasteiger partial charge is 0.365 e. The Morgan fingerprint density at radius 1 is 1.29 bits per heavy atom. The van der Waals surface area contributed by atoms with Gasteiger partial charge in [0, 0.05) is 11.3 Å². The highest BCUT2D eigenvalue weighted by molar-refractivity contribution is 7.93. The van der Waals surface area contributed by atoms with Gasteiger partial charge in [0.05, 0.1) is 11.8 Å². The van der Waals surface area contributed by atoms with E-state index >= 15 is 0 Å². The molecule has 1 saturated heterocycles. The lowest BCUT2D eigenvalue weighted by molar-refractivity contribution is -0.105. The lowest BCUT2D eigenvalue weighted by atomic mass is 9.86. The molecule has 8 heteroatoms. The van der Waals surface area contributed by atoms with Crippen LogP contribution in [0.25, 0.3) is 0 Å². The topological polar surface area (TPSA) is 99.1 Å². The molecule has 1 aromatic rings. The number of sulfone groups is 1. The molecule has 2 aliphatic rings. The molecule has 24 heavy (non-hydrogen) atoms. The van der Waals surface area contributed by atoms with Gasteiger partial charge in [-0.25, -0.2) is 12.8 Å². The highest BCUT2D eigenvalue weighted by atomic mass is 32.2. The molecule has 2 fully saturated rings. The number of amides is 1. The van der Waals surface area contributed by atoms with E-state index < -0.39 is 26.4 Å². The van der Waals surface area contributed by atoms with Crippen LogP contribution in [0, 0.1) is 11.2 Å². The molecule has 0 radical (unpaired) electrons. The third-order valence-electron chi connectivity index (χ3n) is 5.01. The van der Waals surface area contributed by atoms with Gasteiger partial charge in [0.1, 0.15) is 16.4 Å². The lowest BCUT2D eigenvalue weighted by Gasteiger charge is -2.43. The minimum absolute atomic E-state index is 0.0356. The Labute approximate surface area is 140 Å². The number of hydrogen-bond donors (Lipinski definition) is 3. The van der Waals surface area contributed by atoms with Crippen molar-refractivity contribution in [2.24, 2.45) is 0 Å². The molecule has 1 aromatic carbocycles. The Morgan fingerprint density at radius 2 is 2.00 bits per heavy atom. The molecule has 1 aliphatic carbocycles. The SMILES string of the molecule is N=C1NC(c2cc(NC=O)ccc2F)CS(=O)(=O)C12CCCCC2. The van der Waals surface area contributed by atoms with Crippen LogP contribution in [0.1, 0.15) is 43.7 Å². The van der Waals surface area contributed by atoms with Crippen LogP contribution in [0.4, 0.5) is 10.1 Å². The van der Waals surface area contributed by atoms with E-state index in [9.17, 15) is 17.6 Å². The molecular weight excluding hydrogens is 333 g/mol. The fourth-order valence-corrected chi connectivity index (χ4v) is 6.00. The van der Waals surface area contributed by atoms with Crippen molar-refractivity contribution in [1.29, 1.82) is 5.41 Å². The predicted octanol–water partition coefficient (Wildman–Crippen LogP) is 2.13. The minimum atomic E-state index is -3.58. The molecule has 1 atom stereocenters. The van der Waals surface area contributed by atoms with Gasteiger partial charge in [0.2, 0.25) is 6.41 Å². The number of rotatable bonds is 3. The quantitative estimate of drug-likeness (QED) is 0.725. The first-order valence-corrected chi connectivity index (χ1v) is 9.62. The summed E-state index contributed by atoms with van der Waals surface area (Å²) < 4.78 is 38.8. The maximum absolute atomic E-state index is 14.2. The van der Waals surface area contributed by atoms with Gasteiger partial charge in [-0.15, -0.1) is 0 Å². The monoisotopic (exact) mass is 353 g/mol. The van der Waals surface area contributed by atoms with Crippen LogP contribution in [0.3, 0.4) is 0 Å². The molecular formula is C16H20FN3O3S. The summed E-state index contributed by atoms with van der Waals surface area (Å²) in [5.41, 5.74) is 0.519.